The topological polar surface area (TPSA) is 101 Å². The highest BCUT2D eigenvalue weighted by Gasteiger charge is 2.13. The van der Waals surface area contributed by atoms with Gasteiger partial charge in [0, 0.05) is 43.7 Å². The molecule has 0 atom stereocenters. The summed E-state index contributed by atoms with van der Waals surface area (Å²) in [6.07, 6.45) is 1.58. The molecule has 0 unspecified atom stereocenters. The maximum atomic E-state index is 12.2. The second kappa shape index (κ2) is 20.6. The molecule has 4 rings (SSSR count). The molecule has 4 aromatic rings. The molecule has 1 aromatic heterocycles. The highest BCUT2D eigenvalue weighted by atomic mass is 32.1. The Kier molecular flexibility index (Phi) is 17.0. The fourth-order valence-corrected chi connectivity index (χ4v) is 5.06. The van der Waals surface area contributed by atoms with Gasteiger partial charge < -0.3 is 20.3 Å². The number of carbonyl (C=O) groups excluding carboxylic acids is 3. The van der Waals surface area contributed by atoms with Crippen molar-refractivity contribution in [1.82, 2.24) is 20.5 Å². The van der Waals surface area contributed by atoms with Gasteiger partial charge in [0.05, 0.1) is 6.54 Å². The zero-order valence-electron chi connectivity index (χ0n) is 28.1. The number of rotatable bonds is 12. The molecule has 9 heteroatoms. The van der Waals surface area contributed by atoms with Crippen LogP contribution in [0, 0.1) is 20.8 Å². The summed E-state index contributed by atoms with van der Waals surface area (Å²) in [5, 5.41) is 8.90. The molecule has 2 N–H and O–H groups in total. The Bertz CT molecular complexity index is 1500. The standard InChI is InChI=1S/C16H24N2O3.C14H16N2OS.C7H8/c1-12(2)15-7-14(8-16(9-15)21-13(3)20)10-17-5-4-6-18-11-19;1-10-5-4-6-12(7-10)14(17)16(3)8-13-15-11(2)9-18-13;1-7-5-3-2-4-6-7/h7-9,11-12,17H,4-6,10H2,1-3H3,(H,18,19);4-7,9H,8H2,1-3H3;2-6H,1H3. The zero-order valence-corrected chi connectivity index (χ0v) is 28.9. The fraction of sp³-hybridized carbons (Fsp3) is 0.351. The summed E-state index contributed by atoms with van der Waals surface area (Å²) in [4.78, 5) is 39.5. The summed E-state index contributed by atoms with van der Waals surface area (Å²) in [5.41, 5.74) is 6.38. The lowest BCUT2D eigenvalue weighted by Crippen LogP contribution is -2.26. The summed E-state index contributed by atoms with van der Waals surface area (Å²) in [6, 6.07) is 23.8. The zero-order chi connectivity index (χ0) is 33.9. The van der Waals surface area contributed by atoms with E-state index in [1.54, 1.807) is 23.3 Å². The quantitative estimate of drug-likeness (QED) is 0.0747. The lowest BCUT2D eigenvalue weighted by molar-refractivity contribution is -0.131. The Labute approximate surface area is 278 Å². The number of nitrogens with zero attached hydrogens (tertiary/aromatic N) is 2. The van der Waals surface area contributed by atoms with E-state index < -0.39 is 0 Å². The Morgan fingerprint density at radius 3 is 2.24 bits per heavy atom. The number of ether oxygens (including phenoxy) is 1. The van der Waals surface area contributed by atoms with Crippen LogP contribution in [0.1, 0.15) is 76.4 Å². The molecule has 0 bridgehead atoms. The van der Waals surface area contributed by atoms with E-state index in [1.807, 2.05) is 73.8 Å². The van der Waals surface area contributed by atoms with Gasteiger partial charge in [-0.05, 0) is 75.0 Å². The van der Waals surface area contributed by atoms with Gasteiger partial charge in [0.1, 0.15) is 10.8 Å². The number of benzene rings is 3. The van der Waals surface area contributed by atoms with Crippen molar-refractivity contribution in [3.8, 4) is 5.75 Å². The van der Waals surface area contributed by atoms with Gasteiger partial charge in [-0.3, -0.25) is 14.4 Å². The molecule has 1 heterocycles. The molecule has 3 aromatic carbocycles. The first-order valence-corrected chi connectivity index (χ1v) is 16.3. The smallest absolute Gasteiger partial charge is 0.308 e. The van der Waals surface area contributed by atoms with Crippen molar-refractivity contribution in [2.75, 3.05) is 20.1 Å². The summed E-state index contributed by atoms with van der Waals surface area (Å²) in [5.74, 6) is 0.686. The monoisotopic (exact) mass is 644 g/mol. The maximum Gasteiger partial charge on any atom is 0.308 e. The van der Waals surface area contributed by atoms with Crippen LogP contribution in [0.25, 0.3) is 0 Å². The van der Waals surface area contributed by atoms with Crippen LogP contribution >= 0.6 is 11.3 Å². The number of hydrogen-bond acceptors (Lipinski definition) is 7. The highest BCUT2D eigenvalue weighted by molar-refractivity contribution is 7.09. The van der Waals surface area contributed by atoms with Crippen LogP contribution in [0.4, 0.5) is 0 Å². The first-order valence-electron chi connectivity index (χ1n) is 15.4. The lowest BCUT2D eigenvalue weighted by Gasteiger charge is -2.15. The van der Waals surface area contributed by atoms with Gasteiger partial charge in [-0.25, -0.2) is 4.98 Å². The minimum atomic E-state index is -0.310. The summed E-state index contributed by atoms with van der Waals surface area (Å²) in [7, 11) is 1.81. The van der Waals surface area contributed by atoms with Crippen LogP contribution < -0.4 is 15.4 Å². The number of amides is 2. The van der Waals surface area contributed by atoms with Crippen LogP contribution in [-0.4, -0.2) is 48.3 Å². The molecule has 8 nitrogen and oxygen atoms in total. The van der Waals surface area contributed by atoms with Crippen molar-refractivity contribution in [2.45, 2.75) is 67.0 Å². The van der Waals surface area contributed by atoms with Gasteiger partial charge in [0.15, 0.2) is 0 Å². The minimum Gasteiger partial charge on any atom is -0.427 e. The summed E-state index contributed by atoms with van der Waals surface area (Å²) >= 11 is 1.59. The van der Waals surface area contributed by atoms with Crippen LogP contribution in [0.3, 0.4) is 0 Å². The van der Waals surface area contributed by atoms with E-state index >= 15 is 0 Å². The van der Waals surface area contributed by atoms with Crippen molar-refractivity contribution in [2.24, 2.45) is 0 Å². The molecule has 0 saturated heterocycles. The number of hydrogen-bond donors (Lipinski definition) is 2. The summed E-state index contributed by atoms with van der Waals surface area (Å²) < 4.78 is 5.19. The molecular formula is C37H48N4O4S. The second-order valence-electron chi connectivity index (χ2n) is 11.3. The minimum absolute atomic E-state index is 0.0338. The van der Waals surface area contributed by atoms with Crippen molar-refractivity contribution < 1.29 is 19.1 Å². The normalized spacial score (nSPS) is 10.2. The Balaban J connectivity index is 0.000000266. The molecule has 0 radical (unpaired) electrons. The number of nitrogens with one attached hydrogen (secondary N) is 2. The molecule has 0 aliphatic heterocycles. The van der Waals surface area contributed by atoms with Gasteiger partial charge in [-0.1, -0.05) is 73.5 Å². The molecular weight excluding hydrogens is 596 g/mol. The third-order valence-electron chi connectivity index (χ3n) is 6.60. The average molecular weight is 645 g/mol. The van der Waals surface area contributed by atoms with Crippen LogP contribution in [-0.2, 0) is 22.7 Å². The van der Waals surface area contributed by atoms with Crippen LogP contribution in [0.5, 0.6) is 5.75 Å². The van der Waals surface area contributed by atoms with E-state index in [-0.39, 0.29) is 11.9 Å². The Hall–Kier alpha value is -4.34. The van der Waals surface area contributed by atoms with Gasteiger partial charge >= 0.3 is 5.97 Å². The van der Waals surface area contributed by atoms with Gasteiger partial charge in [-0.2, -0.15) is 0 Å². The van der Waals surface area contributed by atoms with E-state index in [0.29, 0.717) is 37.7 Å². The van der Waals surface area contributed by atoms with Crippen molar-refractivity contribution in [1.29, 1.82) is 0 Å². The molecule has 0 spiro atoms. The maximum absolute atomic E-state index is 12.2. The average Bonchev–Trinajstić information content (AvgIpc) is 3.43. The molecule has 46 heavy (non-hydrogen) atoms. The highest BCUT2D eigenvalue weighted by Crippen LogP contribution is 2.23. The van der Waals surface area contributed by atoms with E-state index in [2.05, 4.69) is 54.6 Å². The third-order valence-corrected chi connectivity index (χ3v) is 7.55. The van der Waals surface area contributed by atoms with Crippen LogP contribution in [0.2, 0.25) is 0 Å². The largest absolute Gasteiger partial charge is 0.427 e. The molecule has 0 fully saturated rings. The van der Waals surface area contributed by atoms with Gasteiger partial charge in [0.25, 0.3) is 5.91 Å². The molecule has 0 aliphatic rings. The Morgan fingerprint density at radius 1 is 0.957 bits per heavy atom. The first kappa shape index (κ1) is 37.8. The summed E-state index contributed by atoms with van der Waals surface area (Å²) in [6.45, 7) is 14.4. The lowest BCUT2D eigenvalue weighted by atomic mass is 10.0. The SMILES string of the molecule is CC(=O)Oc1cc(CNCCCNC=O)cc(C(C)C)c1.Cc1cccc(C(=O)N(C)Cc2nc(C)cs2)c1.Cc1ccccc1. The van der Waals surface area contributed by atoms with E-state index in [1.165, 1.54) is 12.5 Å². The first-order chi connectivity index (χ1) is 22.0. The number of esters is 1. The molecule has 2 amide bonds. The number of carbonyl (C=O) groups is 3. The fourth-order valence-electron chi connectivity index (χ4n) is 4.24. The van der Waals surface area contributed by atoms with Crippen molar-refractivity contribution in [3.05, 3.63) is 117 Å². The van der Waals surface area contributed by atoms with Crippen molar-refractivity contribution in [3.63, 3.8) is 0 Å². The number of aryl methyl sites for hydroxylation is 3. The molecule has 0 aliphatic carbocycles. The van der Waals surface area contributed by atoms with Gasteiger partial charge in [-0.15, -0.1) is 11.3 Å². The van der Waals surface area contributed by atoms with E-state index in [4.69, 9.17) is 4.74 Å². The number of aromatic nitrogens is 1. The van der Waals surface area contributed by atoms with E-state index in [9.17, 15) is 14.4 Å². The predicted octanol–water partition coefficient (Wildman–Crippen LogP) is 6.99. The number of thiazole rings is 1. The molecule has 246 valence electrons. The molecule has 0 saturated carbocycles. The van der Waals surface area contributed by atoms with Gasteiger partial charge in [0.2, 0.25) is 6.41 Å². The second-order valence-corrected chi connectivity index (χ2v) is 12.3. The van der Waals surface area contributed by atoms with E-state index in [0.717, 1.165) is 45.9 Å². The van der Waals surface area contributed by atoms with Crippen molar-refractivity contribution >= 4 is 29.6 Å². The predicted molar refractivity (Wildman–Crippen MR) is 187 cm³/mol. The van der Waals surface area contributed by atoms with Crippen LogP contribution in [0.15, 0.2) is 78.2 Å². The third kappa shape index (κ3) is 15.1. The Morgan fingerprint density at radius 2 is 1.67 bits per heavy atom.